The number of nitrogens with one attached hydrogen (secondary N) is 1. The number of hydrogen-bond donors (Lipinski definition) is 1. The minimum Gasteiger partial charge on any atom is -0.494 e. The summed E-state index contributed by atoms with van der Waals surface area (Å²) in [7, 11) is 0. The maximum Gasteiger partial charge on any atom is 0.265 e. The Morgan fingerprint density at radius 2 is 1.83 bits per heavy atom. The first-order chi connectivity index (χ1) is 11.6. The Bertz CT molecular complexity index is 652. The Kier molecular flexibility index (Phi) is 6.67. The van der Waals surface area contributed by atoms with Gasteiger partial charge in [-0.25, -0.2) is 0 Å². The zero-order valence-corrected chi connectivity index (χ0v) is 14.5. The quantitative estimate of drug-likeness (QED) is 0.779. The second kappa shape index (κ2) is 8.96. The van der Waals surface area contributed by atoms with Crippen LogP contribution in [0.1, 0.15) is 32.8 Å². The van der Waals surface area contributed by atoms with Crippen LogP contribution in [-0.2, 0) is 11.2 Å². The molecule has 128 valence electrons. The Balaban J connectivity index is 1.93. The summed E-state index contributed by atoms with van der Waals surface area (Å²) in [4.78, 5) is 12.3. The second-order valence-electron chi connectivity index (χ2n) is 5.62. The highest BCUT2D eigenvalue weighted by atomic mass is 16.5. The highest BCUT2D eigenvalue weighted by molar-refractivity contribution is 5.94. The van der Waals surface area contributed by atoms with E-state index in [9.17, 15) is 4.79 Å². The number of rotatable bonds is 8. The Labute approximate surface area is 143 Å². The molecular weight excluding hydrogens is 302 g/mol. The van der Waals surface area contributed by atoms with Gasteiger partial charge in [-0.05, 0) is 49.6 Å². The number of anilines is 1. The number of amides is 1. The van der Waals surface area contributed by atoms with Crippen LogP contribution in [0.25, 0.3) is 0 Å². The van der Waals surface area contributed by atoms with Crippen molar-refractivity contribution in [3.63, 3.8) is 0 Å². The van der Waals surface area contributed by atoms with Crippen molar-refractivity contribution >= 4 is 11.6 Å². The topological polar surface area (TPSA) is 47.6 Å². The van der Waals surface area contributed by atoms with Crippen molar-refractivity contribution in [2.45, 2.75) is 39.7 Å². The van der Waals surface area contributed by atoms with Crippen LogP contribution in [0, 0.1) is 0 Å². The Morgan fingerprint density at radius 1 is 1.08 bits per heavy atom. The maximum absolute atomic E-state index is 12.3. The summed E-state index contributed by atoms with van der Waals surface area (Å²) in [6, 6.07) is 15.2. The molecule has 2 aromatic carbocycles. The van der Waals surface area contributed by atoms with Crippen LogP contribution in [0.5, 0.6) is 11.5 Å². The average molecular weight is 327 g/mol. The molecule has 4 heteroatoms. The Morgan fingerprint density at radius 3 is 2.50 bits per heavy atom. The maximum atomic E-state index is 12.3. The van der Waals surface area contributed by atoms with Gasteiger partial charge in [0.1, 0.15) is 11.5 Å². The third-order valence-electron chi connectivity index (χ3n) is 3.59. The standard InChI is InChI=1S/C20H25NO3/c1-4-13-23-19-8-6-7-17(14-19)21-20(22)15(3)24-18-11-9-16(5-2)10-12-18/h6-12,14-15H,4-5,13H2,1-3H3,(H,21,22). The van der Waals surface area contributed by atoms with E-state index in [1.807, 2.05) is 48.5 Å². The van der Waals surface area contributed by atoms with Gasteiger partial charge in [-0.1, -0.05) is 32.0 Å². The fourth-order valence-corrected chi connectivity index (χ4v) is 2.19. The predicted octanol–water partition coefficient (Wildman–Crippen LogP) is 4.44. The third-order valence-corrected chi connectivity index (χ3v) is 3.59. The molecule has 0 bridgehead atoms. The lowest BCUT2D eigenvalue weighted by molar-refractivity contribution is -0.122. The molecule has 1 unspecified atom stereocenters. The van der Waals surface area contributed by atoms with Crippen molar-refractivity contribution in [1.29, 1.82) is 0 Å². The van der Waals surface area contributed by atoms with E-state index in [1.54, 1.807) is 6.92 Å². The lowest BCUT2D eigenvalue weighted by atomic mass is 10.2. The van der Waals surface area contributed by atoms with Gasteiger partial charge < -0.3 is 14.8 Å². The molecule has 24 heavy (non-hydrogen) atoms. The van der Waals surface area contributed by atoms with Crippen molar-refractivity contribution in [2.75, 3.05) is 11.9 Å². The van der Waals surface area contributed by atoms with Gasteiger partial charge in [0, 0.05) is 11.8 Å². The van der Waals surface area contributed by atoms with Crippen LogP contribution in [0.3, 0.4) is 0 Å². The SMILES string of the molecule is CCCOc1cccc(NC(=O)C(C)Oc2ccc(CC)cc2)c1. The van der Waals surface area contributed by atoms with E-state index in [0.717, 1.165) is 18.6 Å². The van der Waals surface area contributed by atoms with Crippen LogP contribution < -0.4 is 14.8 Å². The van der Waals surface area contributed by atoms with Gasteiger partial charge in [-0.3, -0.25) is 4.79 Å². The van der Waals surface area contributed by atoms with E-state index in [0.29, 0.717) is 18.0 Å². The fraction of sp³-hybridized carbons (Fsp3) is 0.350. The van der Waals surface area contributed by atoms with E-state index >= 15 is 0 Å². The molecule has 0 aromatic heterocycles. The number of carbonyl (C=O) groups excluding carboxylic acids is 1. The zero-order chi connectivity index (χ0) is 17.4. The summed E-state index contributed by atoms with van der Waals surface area (Å²) in [5.41, 5.74) is 1.94. The van der Waals surface area contributed by atoms with Crippen molar-refractivity contribution in [3.8, 4) is 11.5 Å². The van der Waals surface area contributed by atoms with E-state index in [2.05, 4.69) is 19.2 Å². The zero-order valence-electron chi connectivity index (χ0n) is 14.5. The average Bonchev–Trinajstić information content (AvgIpc) is 2.61. The molecule has 2 rings (SSSR count). The van der Waals surface area contributed by atoms with E-state index in [-0.39, 0.29) is 5.91 Å². The lowest BCUT2D eigenvalue weighted by Crippen LogP contribution is -2.30. The molecule has 1 amide bonds. The van der Waals surface area contributed by atoms with Crippen molar-refractivity contribution in [2.24, 2.45) is 0 Å². The molecule has 0 saturated carbocycles. The van der Waals surface area contributed by atoms with Crippen molar-refractivity contribution < 1.29 is 14.3 Å². The molecule has 2 aromatic rings. The molecule has 4 nitrogen and oxygen atoms in total. The first-order valence-electron chi connectivity index (χ1n) is 8.41. The smallest absolute Gasteiger partial charge is 0.265 e. The molecule has 0 radical (unpaired) electrons. The normalized spacial score (nSPS) is 11.6. The molecule has 0 aliphatic rings. The second-order valence-corrected chi connectivity index (χ2v) is 5.62. The Hall–Kier alpha value is -2.49. The van der Waals surface area contributed by atoms with Gasteiger partial charge in [0.15, 0.2) is 6.10 Å². The number of hydrogen-bond acceptors (Lipinski definition) is 3. The first kappa shape index (κ1) is 17.9. The number of aryl methyl sites for hydroxylation is 1. The van der Waals surface area contributed by atoms with Crippen LogP contribution in [0.2, 0.25) is 0 Å². The summed E-state index contributed by atoms with van der Waals surface area (Å²) < 4.78 is 11.3. The summed E-state index contributed by atoms with van der Waals surface area (Å²) in [5, 5.41) is 2.86. The molecule has 0 spiro atoms. The number of ether oxygens (including phenoxy) is 2. The molecule has 1 N–H and O–H groups in total. The first-order valence-corrected chi connectivity index (χ1v) is 8.41. The van der Waals surface area contributed by atoms with Gasteiger partial charge in [0.2, 0.25) is 0 Å². The van der Waals surface area contributed by atoms with Gasteiger partial charge in [-0.15, -0.1) is 0 Å². The van der Waals surface area contributed by atoms with Gasteiger partial charge in [0.05, 0.1) is 6.61 Å². The van der Waals surface area contributed by atoms with E-state index in [4.69, 9.17) is 9.47 Å². The summed E-state index contributed by atoms with van der Waals surface area (Å²) >= 11 is 0. The molecule has 0 fully saturated rings. The minimum absolute atomic E-state index is 0.192. The highest BCUT2D eigenvalue weighted by Gasteiger charge is 2.15. The van der Waals surface area contributed by atoms with Gasteiger partial charge in [-0.2, -0.15) is 0 Å². The van der Waals surface area contributed by atoms with Crippen LogP contribution in [-0.4, -0.2) is 18.6 Å². The molecule has 0 aliphatic carbocycles. The molecule has 0 saturated heterocycles. The summed E-state index contributed by atoms with van der Waals surface area (Å²) in [6.45, 7) is 6.55. The molecular formula is C20H25NO3. The largest absolute Gasteiger partial charge is 0.494 e. The van der Waals surface area contributed by atoms with Gasteiger partial charge in [0.25, 0.3) is 5.91 Å². The van der Waals surface area contributed by atoms with Crippen molar-refractivity contribution in [3.05, 3.63) is 54.1 Å². The van der Waals surface area contributed by atoms with E-state index in [1.165, 1.54) is 5.56 Å². The van der Waals surface area contributed by atoms with E-state index < -0.39 is 6.10 Å². The molecule has 0 heterocycles. The summed E-state index contributed by atoms with van der Waals surface area (Å²) in [5.74, 6) is 1.25. The summed E-state index contributed by atoms with van der Waals surface area (Å²) in [6.07, 6.45) is 1.34. The third kappa shape index (κ3) is 5.30. The number of benzene rings is 2. The molecule has 1 atom stereocenters. The van der Waals surface area contributed by atoms with Gasteiger partial charge >= 0.3 is 0 Å². The lowest BCUT2D eigenvalue weighted by Gasteiger charge is -2.15. The van der Waals surface area contributed by atoms with Crippen LogP contribution in [0.4, 0.5) is 5.69 Å². The number of carbonyl (C=O) groups is 1. The fourth-order valence-electron chi connectivity index (χ4n) is 2.19. The minimum atomic E-state index is -0.585. The van der Waals surface area contributed by atoms with Crippen LogP contribution >= 0.6 is 0 Å². The van der Waals surface area contributed by atoms with Crippen molar-refractivity contribution in [1.82, 2.24) is 0 Å². The highest BCUT2D eigenvalue weighted by Crippen LogP contribution is 2.19. The molecule has 0 aliphatic heterocycles. The predicted molar refractivity (Wildman–Crippen MR) is 96.8 cm³/mol. The monoisotopic (exact) mass is 327 g/mol. The van der Waals surface area contributed by atoms with Crippen LogP contribution in [0.15, 0.2) is 48.5 Å².